The summed E-state index contributed by atoms with van der Waals surface area (Å²) < 4.78 is 9.73. The molecule has 2 aromatic heterocycles. The Morgan fingerprint density at radius 2 is 2.13 bits per heavy atom. The zero-order valence-corrected chi connectivity index (χ0v) is 7.58. The van der Waals surface area contributed by atoms with Crippen molar-refractivity contribution in [2.24, 2.45) is 0 Å². The third kappa shape index (κ3) is 1.77. The first-order valence-electron chi connectivity index (χ1n) is 4.21. The van der Waals surface area contributed by atoms with Crippen molar-refractivity contribution in [2.45, 2.75) is 6.10 Å². The lowest BCUT2D eigenvalue weighted by Gasteiger charge is -2.03. The number of carboxylic acids is 1. The summed E-state index contributed by atoms with van der Waals surface area (Å²) in [5.41, 5.74) is 0.515. The maximum absolute atomic E-state index is 10.5. The molecule has 5 heteroatoms. The predicted molar refractivity (Wildman–Crippen MR) is 48.4 cm³/mol. The van der Waals surface area contributed by atoms with E-state index in [1.54, 1.807) is 6.07 Å². The second-order valence-corrected chi connectivity index (χ2v) is 2.97. The van der Waals surface area contributed by atoms with Gasteiger partial charge in [0.05, 0.1) is 12.5 Å². The Hall–Kier alpha value is -2.01. The molecule has 2 rings (SSSR count). The van der Waals surface area contributed by atoms with Gasteiger partial charge in [0, 0.05) is 5.56 Å². The second kappa shape index (κ2) is 3.62. The molecule has 0 aliphatic rings. The van der Waals surface area contributed by atoms with Crippen LogP contribution in [0.2, 0.25) is 0 Å². The third-order valence-electron chi connectivity index (χ3n) is 1.97. The number of carbonyl (C=O) groups is 1. The fraction of sp³-hybridized carbons (Fsp3) is 0.100. The molecular weight excluding hydrogens is 200 g/mol. The largest absolute Gasteiger partial charge is 0.475 e. The van der Waals surface area contributed by atoms with Crippen LogP contribution in [0, 0.1) is 0 Å². The number of aliphatic hydroxyl groups is 1. The SMILES string of the molecule is O=C(O)c1ccc(C(O)c2ccoc2)o1. The molecule has 0 amide bonds. The van der Waals surface area contributed by atoms with E-state index in [1.807, 2.05) is 0 Å². The molecule has 1 unspecified atom stereocenters. The number of rotatable bonds is 3. The van der Waals surface area contributed by atoms with Gasteiger partial charge in [-0.25, -0.2) is 4.79 Å². The molecule has 0 fully saturated rings. The lowest BCUT2D eigenvalue weighted by atomic mass is 10.1. The molecule has 0 aliphatic heterocycles. The highest BCUT2D eigenvalue weighted by molar-refractivity contribution is 5.84. The Kier molecular flexibility index (Phi) is 2.31. The molecule has 2 N–H and O–H groups in total. The predicted octanol–water partition coefficient (Wildman–Crippen LogP) is 1.65. The van der Waals surface area contributed by atoms with Gasteiger partial charge in [0.2, 0.25) is 5.76 Å². The number of furan rings is 2. The highest BCUT2D eigenvalue weighted by atomic mass is 16.4. The van der Waals surface area contributed by atoms with E-state index in [1.165, 1.54) is 24.7 Å². The maximum atomic E-state index is 10.5. The quantitative estimate of drug-likeness (QED) is 0.801. The lowest BCUT2D eigenvalue weighted by molar-refractivity contribution is 0.0655. The van der Waals surface area contributed by atoms with E-state index in [0.29, 0.717) is 5.56 Å². The van der Waals surface area contributed by atoms with Crippen molar-refractivity contribution in [3.05, 3.63) is 47.8 Å². The summed E-state index contributed by atoms with van der Waals surface area (Å²) in [7, 11) is 0. The molecule has 15 heavy (non-hydrogen) atoms. The van der Waals surface area contributed by atoms with E-state index in [-0.39, 0.29) is 11.5 Å². The van der Waals surface area contributed by atoms with E-state index in [2.05, 4.69) is 0 Å². The van der Waals surface area contributed by atoms with E-state index in [9.17, 15) is 9.90 Å². The lowest BCUT2D eigenvalue weighted by Crippen LogP contribution is -1.96. The Bertz CT molecular complexity index is 454. The minimum Gasteiger partial charge on any atom is -0.475 e. The Morgan fingerprint density at radius 3 is 2.67 bits per heavy atom. The van der Waals surface area contributed by atoms with Crippen LogP contribution in [0.1, 0.15) is 28.0 Å². The molecule has 0 aromatic carbocycles. The molecule has 78 valence electrons. The summed E-state index contributed by atoms with van der Waals surface area (Å²) in [4.78, 5) is 10.5. The van der Waals surface area contributed by atoms with Crippen molar-refractivity contribution >= 4 is 5.97 Å². The Balaban J connectivity index is 2.26. The van der Waals surface area contributed by atoms with E-state index in [4.69, 9.17) is 13.9 Å². The second-order valence-electron chi connectivity index (χ2n) is 2.97. The van der Waals surface area contributed by atoms with Crippen LogP contribution in [-0.4, -0.2) is 16.2 Å². The first-order chi connectivity index (χ1) is 7.18. The van der Waals surface area contributed by atoms with Crippen molar-refractivity contribution in [3.63, 3.8) is 0 Å². The highest BCUT2D eigenvalue weighted by Crippen LogP contribution is 2.23. The van der Waals surface area contributed by atoms with E-state index in [0.717, 1.165) is 0 Å². The van der Waals surface area contributed by atoms with Crippen LogP contribution in [0.15, 0.2) is 39.6 Å². The van der Waals surface area contributed by atoms with Crippen LogP contribution in [0.5, 0.6) is 0 Å². The molecule has 0 saturated heterocycles. The number of aliphatic hydroxyl groups excluding tert-OH is 1. The average molecular weight is 208 g/mol. The van der Waals surface area contributed by atoms with E-state index >= 15 is 0 Å². The van der Waals surface area contributed by atoms with Gasteiger partial charge in [-0.15, -0.1) is 0 Å². The molecule has 2 heterocycles. The average Bonchev–Trinajstić information content (AvgIpc) is 2.88. The minimum absolute atomic E-state index is 0.175. The van der Waals surface area contributed by atoms with Crippen molar-refractivity contribution < 1.29 is 23.8 Å². The zero-order valence-electron chi connectivity index (χ0n) is 7.58. The van der Waals surface area contributed by atoms with Gasteiger partial charge in [0.1, 0.15) is 11.9 Å². The summed E-state index contributed by atoms with van der Waals surface area (Å²) in [6.45, 7) is 0. The van der Waals surface area contributed by atoms with Crippen LogP contribution < -0.4 is 0 Å². The van der Waals surface area contributed by atoms with Crippen molar-refractivity contribution in [1.29, 1.82) is 0 Å². The third-order valence-corrected chi connectivity index (χ3v) is 1.97. The first-order valence-corrected chi connectivity index (χ1v) is 4.21. The molecule has 2 aromatic rings. The fourth-order valence-electron chi connectivity index (χ4n) is 1.21. The van der Waals surface area contributed by atoms with Gasteiger partial charge >= 0.3 is 5.97 Å². The molecule has 0 spiro atoms. The zero-order chi connectivity index (χ0) is 10.8. The summed E-state index contributed by atoms with van der Waals surface area (Å²) >= 11 is 0. The van der Waals surface area contributed by atoms with Gasteiger partial charge in [-0.2, -0.15) is 0 Å². The molecule has 0 saturated carbocycles. The van der Waals surface area contributed by atoms with Gasteiger partial charge in [-0.05, 0) is 18.2 Å². The maximum Gasteiger partial charge on any atom is 0.371 e. The van der Waals surface area contributed by atoms with Gasteiger partial charge in [0.15, 0.2) is 0 Å². The number of hydrogen-bond acceptors (Lipinski definition) is 4. The molecular formula is C10H8O5. The smallest absolute Gasteiger partial charge is 0.371 e. The monoisotopic (exact) mass is 208 g/mol. The highest BCUT2D eigenvalue weighted by Gasteiger charge is 2.17. The van der Waals surface area contributed by atoms with Crippen molar-refractivity contribution in [2.75, 3.05) is 0 Å². The minimum atomic E-state index is -1.17. The van der Waals surface area contributed by atoms with Gasteiger partial charge in [-0.1, -0.05) is 0 Å². The first kappa shape index (κ1) is 9.54. The Morgan fingerprint density at radius 1 is 1.33 bits per heavy atom. The van der Waals surface area contributed by atoms with Gasteiger partial charge in [-0.3, -0.25) is 0 Å². The van der Waals surface area contributed by atoms with Crippen molar-refractivity contribution in [3.8, 4) is 0 Å². The number of hydrogen-bond donors (Lipinski definition) is 2. The van der Waals surface area contributed by atoms with E-state index < -0.39 is 12.1 Å². The summed E-state index contributed by atoms with van der Waals surface area (Å²) in [6, 6.07) is 4.29. The van der Waals surface area contributed by atoms with Crippen LogP contribution in [-0.2, 0) is 0 Å². The number of aromatic carboxylic acids is 1. The van der Waals surface area contributed by atoms with Crippen LogP contribution >= 0.6 is 0 Å². The normalized spacial score (nSPS) is 12.6. The topological polar surface area (TPSA) is 83.8 Å². The summed E-state index contributed by atoms with van der Waals surface area (Å²) in [6.07, 6.45) is 1.78. The number of carboxylic acid groups (broad SMARTS) is 1. The summed E-state index contributed by atoms with van der Waals surface area (Å²) in [5.74, 6) is -1.19. The molecule has 0 radical (unpaired) electrons. The molecule has 0 aliphatic carbocycles. The molecule has 0 bridgehead atoms. The van der Waals surface area contributed by atoms with Crippen LogP contribution in [0.4, 0.5) is 0 Å². The van der Waals surface area contributed by atoms with Crippen LogP contribution in [0.25, 0.3) is 0 Å². The van der Waals surface area contributed by atoms with Crippen LogP contribution in [0.3, 0.4) is 0 Å². The van der Waals surface area contributed by atoms with Gasteiger partial charge in [0.25, 0.3) is 0 Å². The fourth-order valence-corrected chi connectivity index (χ4v) is 1.21. The molecule has 5 nitrogen and oxygen atoms in total. The Labute approximate surface area is 84.6 Å². The summed E-state index contributed by atoms with van der Waals surface area (Å²) in [5, 5.41) is 18.3. The molecule has 1 atom stereocenters. The standard InChI is InChI=1S/C10H8O5/c11-9(6-3-4-14-5-6)7-1-2-8(15-7)10(12)13/h1-5,9,11H,(H,12,13). The van der Waals surface area contributed by atoms with Crippen molar-refractivity contribution in [1.82, 2.24) is 0 Å². The van der Waals surface area contributed by atoms with Gasteiger partial charge < -0.3 is 19.0 Å².